The van der Waals surface area contributed by atoms with Crippen LogP contribution >= 0.6 is 27.5 Å². The normalized spacial score (nSPS) is 16.9. The van der Waals surface area contributed by atoms with E-state index in [1.54, 1.807) is 6.07 Å². The second kappa shape index (κ2) is 5.19. The number of halogens is 2. The van der Waals surface area contributed by atoms with Crippen molar-refractivity contribution in [2.24, 2.45) is 5.92 Å². The van der Waals surface area contributed by atoms with Gasteiger partial charge in [-0.15, -0.1) is 11.6 Å². The Hall–Kier alpha value is -0.540. The monoisotopic (exact) mass is 301 g/mol. The quantitative estimate of drug-likeness (QED) is 0.850. The van der Waals surface area contributed by atoms with E-state index in [9.17, 15) is 4.79 Å². The Morgan fingerprint density at radius 3 is 2.81 bits per heavy atom. The second-order valence-corrected chi connectivity index (χ2v) is 5.46. The third kappa shape index (κ3) is 2.98. The van der Waals surface area contributed by atoms with E-state index in [2.05, 4.69) is 21.2 Å². The first kappa shape index (κ1) is 11.9. The smallest absolute Gasteiger partial charge is 0.252 e. The Morgan fingerprint density at radius 2 is 2.19 bits per heavy atom. The topological polar surface area (TPSA) is 29.1 Å². The molecule has 1 aliphatic carbocycles. The predicted octanol–water partition coefficient (Wildman–Crippen LogP) is 3.20. The summed E-state index contributed by atoms with van der Waals surface area (Å²) in [4.78, 5) is 11.8. The summed E-state index contributed by atoms with van der Waals surface area (Å²) in [5, 5.41) is 2.94. The van der Waals surface area contributed by atoms with Gasteiger partial charge in [0, 0.05) is 11.0 Å². The van der Waals surface area contributed by atoms with Gasteiger partial charge >= 0.3 is 0 Å². The molecular weight excluding hydrogens is 289 g/mol. The molecule has 86 valence electrons. The highest BCUT2D eigenvalue weighted by atomic mass is 79.9. The number of carbonyl (C=O) groups is 1. The van der Waals surface area contributed by atoms with Crippen molar-refractivity contribution in [1.29, 1.82) is 0 Å². The lowest BCUT2D eigenvalue weighted by atomic mass is 10.2. The summed E-state index contributed by atoms with van der Waals surface area (Å²) in [5.74, 6) is 0.528. The fourth-order valence-electron chi connectivity index (χ4n) is 1.56. The highest BCUT2D eigenvalue weighted by Crippen LogP contribution is 2.35. The van der Waals surface area contributed by atoms with Gasteiger partial charge in [0.25, 0.3) is 5.91 Å². The molecule has 0 aliphatic heterocycles. The van der Waals surface area contributed by atoms with Crippen molar-refractivity contribution in [3.05, 3.63) is 34.3 Å². The number of rotatable bonds is 4. The molecule has 0 saturated heterocycles. The molecule has 1 saturated carbocycles. The lowest BCUT2D eigenvalue weighted by Crippen LogP contribution is -2.30. The van der Waals surface area contributed by atoms with Crippen LogP contribution in [-0.4, -0.2) is 17.8 Å². The fourth-order valence-corrected chi connectivity index (χ4v) is 2.35. The molecular formula is C12H13BrClNO. The van der Waals surface area contributed by atoms with Gasteiger partial charge in [-0.2, -0.15) is 0 Å². The molecule has 1 amide bonds. The largest absolute Gasteiger partial charge is 0.351 e. The molecule has 1 aromatic rings. The number of hydrogen-bond donors (Lipinski definition) is 1. The van der Waals surface area contributed by atoms with Crippen LogP contribution in [0.2, 0.25) is 0 Å². The van der Waals surface area contributed by atoms with Gasteiger partial charge in [-0.25, -0.2) is 0 Å². The molecule has 0 aromatic heterocycles. The summed E-state index contributed by atoms with van der Waals surface area (Å²) >= 11 is 9.47. The van der Waals surface area contributed by atoms with Crippen molar-refractivity contribution < 1.29 is 4.79 Å². The average molecular weight is 303 g/mol. The molecule has 0 heterocycles. The lowest BCUT2D eigenvalue weighted by molar-refractivity contribution is 0.0952. The molecule has 16 heavy (non-hydrogen) atoms. The zero-order valence-corrected chi connectivity index (χ0v) is 11.1. The van der Waals surface area contributed by atoms with Gasteiger partial charge in [-0.1, -0.05) is 12.1 Å². The molecule has 0 bridgehead atoms. The molecule has 1 unspecified atom stereocenters. The molecule has 2 rings (SSSR count). The van der Waals surface area contributed by atoms with Gasteiger partial charge in [0.1, 0.15) is 0 Å². The summed E-state index contributed by atoms with van der Waals surface area (Å²) in [7, 11) is 0. The maximum absolute atomic E-state index is 11.8. The molecule has 1 atom stereocenters. The number of carbonyl (C=O) groups excluding carboxylic acids is 1. The van der Waals surface area contributed by atoms with E-state index in [1.165, 1.54) is 12.8 Å². The van der Waals surface area contributed by atoms with Gasteiger partial charge in [0.05, 0.1) is 10.9 Å². The predicted molar refractivity (Wildman–Crippen MR) is 68.8 cm³/mol. The van der Waals surface area contributed by atoms with E-state index in [-0.39, 0.29) is 11.3 Å². The van der Waals surface area contributed by atoms with Crippen LogP contribution in [0.4, 0.5) is 0 Å². The Kier molecular flexibility index (Phi) is 3.87. The molecule has 1 aliphatic rings. The number of amides is 1. The summed E-state index contributed by atoms with van der Waals surface area (Å²) in [6.45, 7) is 0.548. The molecule has 0 spiro atoms. The lowest BCUT2D eigenvalue weighted by Gasteiger charge is -2.10. The average Bonchev–Trinajstić information content (AvgIpc) is 3.10. The first-order valence-corrected chi connectivity index (χ1v) is 6.58. The van der Waals surface area contributed by atoms with Crippen molar-refractivity contribution in [3.63, 3.8) is 0 Å². The fraction of sp³-hybridized carbons (Fsp3) is 0.417. The minimum absolute atomic E-state index is 0.0706. The Labute approximate surface area is 108 Å². The van der Waals surface area contributed by atoms with E-state index >= 15 is 0 Å². The summed E-state index contributed by atoms with van der Waals surface area (Å²) in [6.07, 6.45) is 2.39. The van der Waals surface area contributed by atoms with Crippen molar-refractivity contribution in [1.82, 2.24) is 5.32 Å². The van der Waals surface area contributed by atoms with Gasteiger partial charge in [0.2, 0.25) is 0 Å². The molecule has 0 radical (unpaired) electrons. The molecule has 1 aromatic carbocycles. The SMILES string of the molecule is O=C(NCC(Cl)C1CC1)c1ccccc1Br. The van der Waals surface area contributed by atoms with E-state index in [0.717, 1.165) is 4.47 Å². The van der Waals surface area contributed by atoms with Gasteiger partial charge in [0.15, 0.2) is 0 Å². The number of nitrogens with one attached hydrogen (secondary N) is 1. The Bertz CT molecular complexity index is 392. The second-order valence-electron chi connectivity index (χ2n) is 4.04. The molecule has 4 heteroatoms. The third-order valence-corrected chi connectivity index (χ3v) is 3.91. The van der Waals surface area contributed by atoms with Crippen molar-refractivity contribution in [3.8, 4) is 0 Å². The van der Waals surface area contributed by atoms with E-state index in [4.69, 9.17) is 11.6 Å². The van der Waals surface area contributed by atoms with Crippen LogP contribution in [0.3, 0.4) is 0 Å². The molecule has 2 nitrogen and oxygen atoms in total. The number of hydrogen-bond acceptors (Lipinski definition) is 1. The summed E-state index contributed by atoms with van der Waals surface area (Å²) in [6, 6.07) is 7.38. The third-order valence-electron chi connectivity index (χ3n) is 2.71. The first-order valence-electron chi connectivity index (χ1n) is 5.35. The van der Waals surface area contributed by atoms with Gasteiger partial charge < -0.3 is 5.32 Å². The number of alkyl halides is 1. The number of benzene rings is 1. The zero-order valence-electron chi connectivity index (χ0n) is 8.75. The zero-order chi connectivity index (χ0) is 11.5. The standard InChI is InChI=1S/C12H13BrClNO/c13-10-4-2-1-3-9(10)12(16)15-7-11(14)8-5-6-8/h1-4,8,11H,5-7H2,(H,15,16). The van der Waals surface area contributed by atoms with Crippen LogP contribution < -0.4 is 5.32 Å². The summed E-state index contributed by atoms with van der Waals surface area (Å²) < 4.78 is 0.810. The van der Waals surface area contributed by atoms with Crippen molar-refractivity contribution in [2.45, 2.75) is 18.2 Å². The maximum Gasteiger partial charge on any atom is 0.252 e. The Morgan fingerprint density at radius 1 is 1.50 bits per heavy atom. The van der Waals surface area contributed by atoms with Gasteiger partial charge in [-0.05, 0) is 46.8 Å². The van der Waals surface area contributed by atoms with Crippen LogP contribution in [0.5, 0.6) is 0 Å². The minimum Gasteiger partial charge on any atom is -0.351 e. The van der Waals surface area contributed by atoms with Crippen molar-refractivity contribution >= 4 is 33.4 Å². The highest BCUT2D eigenvalue weighted by Gasteiger charge is 2.29. The molecule has 1 N–H and O–H groups in total. The van der Waals surface area contributed by atoms with Crippen molar-refractivity contribution in [2.75, 3.05) is 6.54 Å². The highest BCUT2D eigenvalue weighted by molar-refractivity contribution is 9.10. The van der Waals surface area contributed by atoms with Crippen LogP contribution in [0.1, 0.15) is 23.2 Å². The minimum atomic E-state index is -0.0706. The van der Waals surface area contributed by atoms with Crippen LogP contribution in [0.25, 0.3) is 0 Å². The first-order chi connectivity index (χ1) is 7.68. The van der Waals surface area contributed by atoms with Crippen LogP contribution in [-0.2, 0) is 0 Å². The maximum atomic E-state index is 11.8. The van der Waals surface area contributed by atoms with Crippen LogP contribution in [0, 0.1) is 5.92 Å². The molecule has 1 fully saturated rings. The van der Waals surface area contributed by atoms with E-state index < -0.39 is 0 Å². The van der Waals surface area contributed by atoms with Crippen LogP contribution in [0.15, 0.2) is 28.7 Å². The Balaban J connectivity index is 1.90. The van der Waals surface area contributed by atoms with Gasteiger partial charge in [-0.3, -0.25) is 4.79 Å². The summed E-state index contributed by atoms with van der Waals surface area (Å²) in [5.41, 5.74) is 0.655. The van der Waals surface area contributed by atoms with E-state index in [0.29, 0.717) is 18.0 Å². The van der Waals surface area contributed by atoms with E-state index in [1.807, 2.05) is 18.2 Å².